The summed E-state index contributed by atoms with van der Waals surface area (Å²) in [5.41, 5.74) is 10.2. The van der Waals surface area contributed by atoms with Crippen molar-refractivity contribution in [3.05, 3.63) is 77.6 Å². The molecule has 44 heavy (non-hydrogen) atoms. The quantitative estimate of drug-likeness (QED) is 0.0847. The molecule has 1 fully saturated rings. The number of hydrogen-bond acceptors (Lipinski definition) is 6. The number of rotatable bonds is 12. The molecule has 2 unspecified atom stereocenters. The summed E-state index contributed by atoms with van der Waals surface area (Å²) in [5, 5.41) is 3.36. The fourth-order valence-electron chi connectivity index (χ4n) is 4.96. The molecule has 1 aliphatic heterocycles. The number of nitrogens with two attached hydrogens (primary N) is 1. The van der Waals surface area contributed by atoms with Crippen LogP contribution in [0.4, 0.5) is 10.1 Å². The van der Waals surface area contributed by atoms with Crippen molar-refractivity contribution in [2.75, 3.05) is 31.2 Å². The number of amides is 1. The van der Waals surface area contributed by atoms with Gasteiger partial charge in [-0.15, -0.1) is 0 Å². The van der Waals surface area contributed by atoms with Gasteiger partial charge in [-0.1, -0.05) is 18.2 Å². The van der Waals surface area contributed by atoms with Gasteiger partial charge in [0.15, 0.2) is 11.4 Å². The Morgan fingerprint density at radius 3 is 2.41 bits per heavy atom. The van der Waals surface area contributed by atoms with Gasteiger partial charge < -0.3 is 15.0 Å². The summed E-state index contributed by atoms with van der Waals surface area (Å²) in [7, 11) is -0.791. The van der Waals surface area contributed by atoms with Gasteiger partial charge in [-0.2, -0.15) is 4.39 Å². The molecule has 0 aromatic heterocycles. The highest BCUT2D eigenvalue weighted by atomic mass is 31.1. The molecule has 8 nitrogen and oxygen atoms in total. The lowest BCUT2D eigenvalue weighted by atomic mass is 9.94. The maximum absolute atomic E-state index is 13.4. The number of likely N-dealkylation sites (tertiary alicyclic amines) is 1. The second-order valence-corrected chi connectivity index (χ2v) is 13.3. The van der Waals surface area contributed by atoms with Gasteiger partial charge in [0.2, 0.25) is 5.91 Å². The van der Waals surface area contributed by atoms with Crippen LogP contribution in [-0.2, 0) is 4.79 Å². The van der Waals surface area contributed by atoms with Crippen LogP contribution in [0.25, 0.3) is 5.57 Å². The van der Waals surface area contributed by atoms with Gasteiger partial charge in [-0.05, 0) is 121 Å². The van der Waals surface area contributed by atoms with Crippen molar-refractivity contribution in [1.82, 2.24) is 4.90 Å². The van der Waals surface area contributed by atoms with Gasteiger partial charge in [-0.25, -0.2) is 4.99 Å². The van der Waals surface area contributed by atoms with E-state index in [1.54, 1.807) is 31.5 Å². The highest BCUT2D eigenvalue weighted by Gasteiger charge is 2.23. The first-order chi connectivity index (χ1) is 21.0. The Balaban J connectivity index is 1.65. The van der Waals surface area contributed by atoms with Crippen LogP contribution in [0.3, 0.4) is 0 Å². The molecule has 2 aromatic carbocycles. The summed E-state index contributed by atoms with van der Waals surface area (Å²) in [6.07, 6.45) is 9.27. The van der Waals surface area contributed by atoms with E-state index in [0.717, 1.165) is 66.5 Å². The van der Waals surface area contributed by atoms with Crippen LogP contribution in [-0.4, -0.2) is 60.3 Å². The highest BCUT2D eigenvalue weighted by Crippen LogP contribution is 2.39. The molecule has 0 bridgehead atoms. The molecule has 10 heteroatoms. The summed E-state index contributed by atoms with van der Waals surface area (Å²) in [5.74, 6) is 1.66. The van der Waals surface area contributed by atoms with Crippen LogP contribution in [0.15, 0.2) is 70.9 Å². The normalized spacial score (nSPS) is 16.6. The molecule has 0 aliphatic carbocycles. The van der Waals surface area contributed by atoms with Crippen LogP contribution in [0.5, 0.6) is 5.75 Å². The van der Waals surface area contributed by atoms with E-state index < -0.39 is 14.4 Å². The first-order valence-electron chi connectivity index (χ1n) is 14.9. The lowest BCUT2D eigenvalue weighted by Crippen LogP contribution is -2.37. The van der Waals surface area contributed by atoms with Gasteiger partial charge in [0.25, 0.3) is 6.48 Å². The minimum atomic E-state index is -1.86. The third kappa shape index (κ3) is 10.5. The molecule has 1 saturated heterocycles. The molecule has 0 saturated carbocycles. The smallest absolute Gasteiger partial charge is 0.294 e. The average molecular weight is 622 g/mol. The number of piperidine rings is 1. The Hall–Kier alpha value is -3.68. The van der Waals surface area contributed by atoms with Gasteiger partial charge in [0.1, 0.15) is 5.75 Å². The molecule has 2 aromatic rings. The van der Waals surface area contributed by atoms with E-state index in [0.29, 0.717) is 23.2 Å². The van der Waals surface area contributed by atoms with Crippen molar-refractivity contribution in [3.63, 3.8) is 0 Å². The van der Waals surface area contributed by atoms with E-state index in [9.17, 15) is 14.0 Å². The van der Waals surface area contributed by atoms with Crippen LogP contribution in [0, 0.1) is 12.8 Å². The summed E-state index contributed by atoms with van der Waals surface area (Å²) in [6, 6.07) is 12.7. The number of nitrogens with one attached hydrogen (secondary N) is 1. The number of aliphatic imine (C=N–C) groups is 2. The molecule has 0 spiro atoms. The number of alkyl halides is 1. The molecule has 1 heterocycles. The fraction of sp³-hybridized carbons (Fsp3) is 0.412. The highest BCUT2D eigenvalue weighted by molar-refractivity contribution is 7.74. The van der Waals surface area contributed by atoms with Gasteiger partial charge >= 0.3 is 0 Å². The lowest BCUT2D eigenvalue weighted by molar-refractivity contribution is -0.130. The number of anilines is 1. The fourth-order valence-corrected chi connectivity index (χ4v) is 6.58. The number of nitrogens with zero attached hydrogens (tertiary/aromatic N) is 3. The second kappa shape index (κ2) is 17.0. The number of hydrogen-bond donors (Lipinski definition) is 2. The Bertz CT molecular complexity index is 1410. The van der Waals surface area contributed by atoms with E-state index in [1.807, 2.05) is 69.0 Å². The minimum Gasteiger partial charge on any atom is -0.448 e. The van der Waals surface area contributed by atoms with Gasteiger partial charge in [-0.3, -0.25) is 20.3 Å². The number of carbonyl (C=O) groups is 2. The third-order valence-electron chi connectivity index (χ3n) is 7.70. The number of benzene rings is 2. The van der Waals surface area contributed by atoms with Crippen LogP contribution >= 0.6 is 7.92 Å². The second-order valence-electron chi connectivity index (χ2n) is 11.1. The van der Waals surface area contributed by atoms with Crippen molar-refractivity contribution in [2.24, 2.45) is 21.6 Å². The molecule has 2 atom stereocenters. The largest absolute Gasteiger partial charge is 0.448 e. The lowest BCUT2D eigenvalue weighted by Gasteiger charge is -2.31. The van der Waals surface area contributed by atoms with Gasteiger partial charge in [0, 0.05) is 43.7 Å². The van der Waals surface area contributed by atoms with E-state index >= 15 is 0 Å². The van der Waals surface area contributed by atoms with E-state index in [4.69, 9.17) is 10.5 Å². The molecule has 0 radical (unpaired) electrons. The SMILES string of the molecule is C\C=C/N=C(Nc1ccc(C(=O)P(C)CCC2CCN(C(C)=O)CC2)c(C)c1)\C(C)=N\C=C(/C)c1ccc(OC(N)F)cc1. The first-order valence-corrected chi connectivity index (χ1v) is 16.9. The molecular formula is C34H45FN5O3P. The van der Waals surface area contributed by atoms with Crippen LogP contribution < -0.4 is 15.8 Å². The zero-order chi connectivity index (χ0) is 32.2. The third-order valence-corrected chi connectivity index (χ3v) is 9.57. The van der Waals surface area contributed by atoms with Gasteiger partial charge in [0.05, 0.1) is 5.71 Å². The Labute approximate surface area is 262 Å². The van der Waals surface area contributed by atoms with Crippen molar-refractivity contribution >= 4 is 42.2 Å². The summed E-state index contributed by atoms with van der Waals surface area (Å²) in [4.78, 5) is 36.0. The predicted molar refractivity (Wildman–Crippen MR) is 182 cm³/mol. The average Bonchev–Trinajstić information content (AvgIpc) is 3.00. The number of halogens is 1. The van der Waals surface area contributed by atoms with Crippen LogP contribution in [0.1, 0.15) is 68.4 Å². The Morgan fingerprint density at radius 2 is 1.82 bits per heavy atom. The molecule has 236 valence electrons. The zero-order valence-electron chi connectivity index (χ0n) is 26.6. The van der Waals surface area contributed by atoms with Crippen molar-refractivity contribution in [1.29, 1.82) is 0 Å². The topological polar surface area (TPSA) is 109 Å². The monoisotopic (exact) mass is 621 g/mol. The predicted octanol–water partition coefficient (Wildman–Crippen LogP) is 7.35. The van der Waals surface area contributed by atoms with Crippen molar-refractivity contribution in [3.8, 4) is 5.75 Å². The Kier molecular flexibility index (Phi) is 13.4. The van der Waals surface area contributed by atoms with E-state index in [-0.39, 0.29) is 11.4 Å². The summed E-state index contributed by atoms with van der Waals surface area (Å²) < 4.78 is 17.7. The van der Waals surface area contributed by atoms with Crippen molar-refractivity contribution < 1.29 is 18.7 Å². The van der Waals surface area contributed by atoms with E-state index in [2.05, 4.69) is 22.0 Å². The summed E-state index contributed by atoms with van der Waals surface area (Å²) >= 11 is 0. The first kappa shape index (κ1) is 34.8. The molecule has 3 rings (SSSR count). The maximum atomic E-state index is 13.4. The van der Waals surface area contributed by atoms with Crippen LogP contribution in [0.2, 0.25) is 0 Å². The maximum Gasteiger partial charge on any atom is 0.294 e. The van der Waals surface area contributed by atoms with E-state index in [1.165, 1.54) is 0 Å². The van der Waals surface area contributed by atoms with Crippen molar-refractivity contribution in [2.45, 2.75) is 60.4 Å². The molecule has 3 N–H and O–H groups in total. The minimum absolute atomic E-state index is 0.149. The molecule has 1 amide bonds. The number of carbonyl (C=O) groups excluding carboxylic acids is 2. The number of allylic oxidation sites excluding steroid dienone is 2. The number of aryl methyl sites for hydroxylation is 1. The zero-order valence-corrected chi connectivity index (χ0v) is 27.5. The molecular weight excluding hydrogens is 576 g/mol. The number of amidine groups is 1. The Morgan fingerprint density at radius 1 is 1.14 bits per heavy atom. The summed E-state index contributed by atoms with van der Waals surface area (Å²) in [6.45, 7) is 11.2. The standard InChI is InChI=1S/C34H45FN5O3P/c1-7-17-37-32(25(4)38-22-24(3)28-8-11-30(12-9-28)43-34(35)36)39-29-10-13-31(23(2)21-29)33(42)44(6)20-16-27-14-18-40(19-15-27)26(5)41/h7-13,17,21-22,27,34H,14-16,18-20,36H2,1-6H3,(H,37,39)/b17-7-,24-22+,38-25+. The molecule has 1 aliphatic rings. The number of ether oxygens (including phenoxy) is 1.